The maximum atomic E-state index is 13.6. The molecule has 1 aromatic carbocycles. The van der Waals surface area contributed by atoms with E-state index in [9.17, 15) is 8.78 Å². The van der Waals surface area contributed by atoms with Crippen LogP contribution in [0.4, 0.5) is 8.78 Å². The van der Waals surface area contributed by atoms with E-state index in [0.717, 1.165) is 32.1 Å². The summed E-state index contributed by atoms with van der Waals surface area (Å²) < 4.78 is 37.6. The molecule has 0 radical (unpaired) electrons. The molecule has 0 saturated carbocycles. The van der Waals surface area contributed by atoms with Gasteiger partial charge in [0.1, 0.15) is 5.69 Å². The topological polar surface area (TPSA) is 47.5 Å². The Labute approximate surface area is 145 Å². The van der Waals surface area contributed by atoms with Crippen molar-refractivity contribution in [1.29, 1.82) is 0 Å². The van der Waals surface area contributed by atoms with E-state index in [2.05, 4.69) is 14.9 Å². The molecular weight excluding hydrogens is 328 g/mol. The van der Waals surface area contributed by atoms with Gasteiger partial charge in [0.15, 0.2) is 11.6 Å². The van der Waals surface area contributed by atoms with Crippen LogP contribution in [0.25, 0.3) is 0 Å². The van der Waals surface area contributed by atoms with Gasteiger partial charge in [-0.15, -0.1) is 0 Å². The van der Waals surface area contributed by atoms with Crippen LogP contribution in [0.2, 0.25) is 0 Å². The summed E-state index contributed by atoms with van der Waals surface area (Å²) in [6.45, 7) is 2.67. The standard InChI is InChI=1S/C18H21F2N3O2/c1-24-18-15(22-17(20)10-21-18)11-23-8-6-13(7-9-23)12-25-16-5-3-2-4-14(16)19/h2-5,10,13H,6-9,11-12H2,1H3. The van der Waals surface area contributed by atoms with E-state index in [1.165, 1.54) is 13.2 Å². The number of nitrogens with zero attached hydrogens (tertiary/aromatic N) is 3. The Morgan fingerprint density at radius 2 is 1.96 bits per heavy atom. The third kappa shape index (κ3) is 4.63. The molecule has 0 bridgehead atoms. The smallest absolute Gasteiger partial charge is 0.236 e. The third-order valence-electron chi connectivity index (χ3n) is 4.36. The first-order valence-corrected chi connectivity index (χ1v) is 8.31. The first-order chi connectivity index (χ1) is 12.2. The fraction of sp³-hybridized carbons (Fsp3) is 0.444. The second-order valence-electron chi connectivity index (χ2n) is 6.11. The van der Waals surface area contributed by atoms with Gasteiger partial charge in [-0.1, -0.05) is 12.1 Å². The van der Waals surface area contributed by atoms with Gasteiger partial charge in [-0.25, -0.2) is 14.4 Å². The monoisotopic (exact) mass is 349 g/mol. The molecule has 1 saturated heterocycles. The lowest BCUT2D eigenvalue weighted by Gasteiger charge is -2.31. The predicted octanol–water partition coefficient (Wildman–Crippen LogP) is 3.05. The molecule has 3 rings (SSSR count). The zero-order valence-corrected chi connectivity index (χ0v) is 14.1. The molecule has 25 heavy (non-hydrogen) atoms. The Balaban J connectivity index is 1.49. The van der Waals surface area contributed by atoms with Crippen LogP contribution < -0.4 is 9.47 Å². The van der Waals surface area contributed by atoms with E-state index in [-0.39, 0.29) is 5.82 Å². The van der Waals surface area contributed by atoms with Gasteiger partial charge in [-0.3, -0.25) is 4.90 Å². The van der Waals surface area contributed by atoms with Crippen LogP contribution in [0, 0.1) is 17.7 Å². The molecular formula is C18H21F2N3O2. The quantitative estimate of drug-likeness (QED) is 0.802. The molecule has 0 aliphatic carbocycles. The molecule has 0 amide bonds. The fourth-order valence-corrected chi connectivity index (χ4v) is 2.96. The van der Waals surface area contributed by atoms with Gasteiger partial charge in [0.25, 0.3) is 0 Å². The summed E-state index contributed by atoms with van der Waals surface area (Å²) in [6, 6.07) is 6.43. The largest absolute Gasteiger partial charge is 0.490 e. The van der Waals surface area contributed by atoms with Crippen molar-refractivity contribution in [2.75, 3.05) is 26.8 Å². The number of ether oxygens (including phenoxy) is 2. The Morgan fingerprint density at radius 1 is 1.20 bits per heavy atom. The molecule has 1 aliphatic heterocycles. The van der Waals surface area contributed by atoms with Gasteiger partial charge in [0, 0.05) is 6.54 Å². The molecule has 2 heterocycles. The fourth-order valence-electron chi connectivity index (χ4n) is 2.96. The van der Waals surface area contributed by atoms with E-state index in [4.69, 9.17) is 9.47 Å². The number of para-hydroxylation sites is 1. The van der Waals surface area contributed by atoms with Gasteiger partial charge in [-0.05, 0) is 44.0 Å². The number of hydrogen-bond donors (Lipinski definition) is 0. The number of hydrogen-bond acceptors (Lipinski definition) is 5. The average Bonchev–Trinajstić information content (AvgIpc) is 2.62. The van der Waals surface area contributed by atoms with Crippen LogP contribution in [0.3, 0.4) is 0 Å². The minimum Gasteiger partial charge on any atom is -0.490 e. The Morgan fingerprint density at radius 3 is 2.68 bits per heavy atom. The molecule has 1 aromatic heterocycles. The summed E-state index contributed by atoms with van der Waals surface area (Å²) in [5.41, 5.74) is 0.503. The SMILES string of the molecule is COc1ncc(F)nc1CN1CCC(COc2ccccc2F)CC1. The molecule has 0 spiro atoms. The lowest BCUT2D eigenvalue weighted by atomic mass is 9.97. The maximum Gasteiger partial charge on any atom is 0.236 e. The van der Waals surface area contributed by atoms with E-state index < -0.39 is 5.95 Å². The molecule has 1 fully saturated rings. The van der Waals surface area contributed by atoms with Crippen molar-refractivity contribution >= 4 is 0 Å². The highest BCUT2D eigenvalue weighted by Gasteiger charge is 2.22. The van der Waals surface area contributed by atoms with Crippen molar-refractivity contribution < 1.29 is 18.3 Å². The van der Waals surface area contributed by atoms with E-state index in [1.54, 1.807) is 18.2 Å². The Bertz CT molecular complexity index is 706. The van der Waals surface area contributed by atoms with Crippen LogP contribution in [0.1, 0.15) is 18.5 Å². The van der Waals surface area contributed by atoms with Crippen molar-refractivity contribution in [3.05, 3.63) is 47.9 Å². The highest BCUT2D eigenvalue weighted by Crippen LogP contribution is 2.23. The average molecular weight is 349 g/mol. The first kappa shape index (κ1) is 17.5. The highest BCUT2D eigenvalue weighted by atomic mass is 19.1. The second-order valence-corrected chi connectivity index (χ2v) is 6.11. The van der Waals surface area contributed by atoms with Crippen molar-refractivity contribution in [1.82, 2.24) is 14.9 Å². The lowest BCUT2D eigenvalue weighted by Crippen LogP contribution is -2.35. The first-order valence-electron chi connectivity index (χ1n) is 8.31. The van der Waals surface area contributed by atoms with E-state index in [1.807, 2.05) is 0 Å². The van der Waals surface area contributed by atoms with Crippen molar-refractivity contribution in [2.24, 2.45) is 5.92 Å². The van der Waals surface area contributed by atoms with Crippen molar-refractivity contribution in [2.45, 2.75) is 19.4 Å². The minimum absolute atomic E-state index is 0.296. The second kappa shape index (κ2) is 8.20. The number of likely N-dealkylation sites (tertiary alicyclic amines) is 1. The van der Waals surface area contributed by atoms with Gasteiger partial charge in [0.2, 0.25) is 11.8 Å². The van der Waals surface area contributed by atoms with Gasteiger partial charge in [-0.2, -0.15) is 4.39 Å². The van der Waals surface area contributed by atoms with Gasteiger partial charge in [0.05, 0.1) is 19.9 Å². The Hall–Kier alpha value is -2.28. The van der Waals surface area contributed by atoms with Gasteiger partial charge >= 0.3 is 0 Å². The molecule has 7 heteroatoms. The predicted molar refractivity (Wildman–Crippen MR) is 88.4 cm³/mol. The Kier molecular flexibility index (Phi) is 5.75. The minimum atomic E-state index is -0.607. The summed E-state index contributed by atoms with van der Waals surface area (Å²) in [5, 5.41) is 0. The number of benzene rings is 1. The highest BCUT2D eigenvalue weighted by molar-refractivity contribution is 5.23. The summed E-state index contributed by atoms with van der Waals surface area (Å²) in [6.07, 6.45) is 2.91. The number of piperidine rings is 1. The van der Waals surface area contributed by atoms with Crippen LogP contribution in [0.15, 0.2) is 30.5 Å². The summed E-state index contributed by atoms with van der Waals surface area (Å²) in [4.78, 5) is 9.97. The third-order valence-corrected chi connectivity index (χ3v) is 4.36. The van der Waals surface area contributed by atoms with E-state index >= 15 is 0 Å². The van der Waals surface area contributed by atoms with Crippen molar-refractivity contribution in [3.8, 4) is 11.6 Å². The molecule has 1 aliphatic rings. The molecule has 0 unspecified atom stereocenters. The van der Waals surface area contributed by atoms with Crippen LogP contribution in [0.5, 0.6) is 11.6 Å². The van der Waals surface area contributed by atoms with Crippen molar-refractivity contribution in [3.63, 3.8) is 0 Å². The summed E-state index contributed by atoms with van der Waals surface area (Å²) >= 11 is 0. The van der Waals surface area contributed by atoms with Crippen LogP contribution in [-0.2, 0) is 6.54 Å². The lowest BCUT2D eigenvalue weighted by molar-refractivity contribution is 0.132. The number of methoxy groups -OCH3 is 1. The zero-order chi connectivity index (χ0) is 17.6. The molecule has 0 atom stereocenters. The summed E-state index contributed by atoms with van der Waals surface area (Å²) in [5.74, 6) is 0.0770. The number of aromatic nitrogens is 2. The molecule has 0 N–H and O–H groups in total. The maximum absolute atomic E-state index is 13.6. The zero-order valence-electron chi connectivity index (χ0n) is 14.1. The normalized spacial score (nSPS) is 16.0. The van der Waals surface area contributed by atoms with Crippen LogP contribution in [-0.4, -0.2) is 41.7 Å². The molecule has 134 valence electrons. The number of halogens is 2. The molecule has 5 nitrogen and oxygen atoms in total. The van der Waals surface area contributed by atoms with E-state index in [0.29, 0.717) is 36.4 Å². The summed E-state index contributed by atoms with van der Waals surface area (Å²) in [7, 11) is 1.50. The van der Waals surface area contributed by atoms with Gasteiger partial charge < -0.3 is 9.47 Å². The molecule has 2 aromatic rings. The number of rotatable bonds is 6. The van der Waals surface area contributed by atoms with Crippen LogP contribution >= 0.6 is 0 Å².